The summed E-state index contributed by atoms with van der Waals surface area (Å²) in [4.78, 5) is 22.4. The molecule has 0 fully saturated rings. The van der Waals surface area contributed by atoms with E-state index in [-0.39, 0.29) is 5.91 Å². The van der Waals surface area contributed by atoms with Gasteiger partial charge >= 0.3 is 0 Å². The number of aromatic nitrogens is 4. The number of amides is 1. The molecule has 3 aromatic heterocycles. The van der Waals surface area contributed by atoms with Crippen LogP contribution in [-0.2, 0) is 24.3 Å². The van der Waals surface area contributed by atoms with E-state index in [1.807, 2.05) is 6.20 Å². The fourth-order valence-corrected chi connectivity index (χ4v) is 2.27. The highest BCUT2D eigenvalue weighted by atomic mass is 16.3. The van der Waals surface area contributed by atoms with Crippen LogP contribution in [0, 0.1) is 0 Å². The van der Waals surface area contributed by atoms with Crippen LogP contribution in [-0.4, -0.2) is 31.0 Å². The monoisotopic (exact) mass is 315 g/mol. The number of aryl methyl sites for hydroxylation is 1. The number of carbonyl (C=O) groups excluding carboxylic acids is 1. The van der Waals surface area contributed by atoms with Gasteiger partial charge in [0, 0.05) is 12.6 Å². The average Bonchev–Trinajstić information content (AvgIpc) is 3.30. The largest absolute Gasteiger partial charge is 0.451 e. The Balaban J connectivity index is 1.58. The molecular weight excluding hydrogens is 298 g/mol. The van der Waals surface area contributed by atoms with Crippen LogP contribution in [0.25, 0.3) is 0 Å². The zero-order chi connectivity index (χ0) is 15.9. The van der Waals surface area contributed by atoms with Crippen molar-refractivity contribution in [2.24, 2.45) is 0 Å². The summed E-state index contributed by atoms with van der Waals surface area (Å²) in [7, 11) is 0. The average molecular weight is 315 g/mol. The molecule has 0 spiro atoms. The van der Waals surface area contributed by atoms with Gasteiger partial charge in [0.05, 0.1) is 30.7 Å². The summed E-state index contributed by atoms with van der Waals surface area (Å²) >= 11 is 0. The van der Waals surface area contributed by atoms with Gasteiger partial charge in [-0.2, -0.15) is 5.10 Å². The molecule has 8 heteroatoms. The molecule has 0 aliphatic carbocycles. The zero-order valence-electron chi connectivity index (χ0n) is 12.5. The quantitative estimate of drug-likeness (QED) is 0.681. The molecule has 8 nitrogen and oxygen atoms in total. The van der Waals surface area contributed by atoms with Crippen molar-refractivity contribution in [2.45, 2.75) is 32.4 Å². The second kappa shape index (κ2) is 7.39. The van der Waals surface area contributed by atoms with Crippen molar-refractivity contribution in [2.75, 3.05) is 0 Å². The molecule has 23 heavy (non-hydrogen) atoms. The van der Waals surface area contributed by atoms with E-state index in [0.717, 1.165) is 18.4 Å². The van der Waals surface area contributed by atoms with Crippen molar-refractivity contribution in [1.82, 2.24) is 25.1 Å². The van der Waals surface area contributed by atoms with Crippen LogP contribution in [0.15, 0.2) is 46.5 Å². The van der Waals surface area contributed by atoms with E-state index in [4.69, 9.17) is 8.83 Å². The molecule has 0 unspecified atom stereocenters. The molecule has 3 aromatic rings. The van der Waals surface area contributed by atoms with Gasteiger partial charge < -0.3 is 13.7 Å². The third kappa shape index (κ3) is 4.29. The van der Waals surface area contributed by atoms with Crippen molar-refractivity contribution < 1.29 is 13.6 Å². The number of hydrogen-bond donors (Lipinski definition) is 1. The van der Waals surface area contributed by atoms with E-state index < -0.39 is 0 Å². The van der Waals surface area contributed by atoms with Crippen molar-refractivity contribution in [1.29, 1.82) is 0 Å². The van der Waals surface area contributed by atoms with Gasteiger partial charge in [0.25, 0.3) is 0 Å². The Kier molecular flexibility index (Phi) is 4.82. The second-order valence-electron chi connectivity index (χ2n) is 5.17. The molecule has 0 bridgehead atoms. The molecule has 0 saturated carbocycles. The molecule has 1 N–H and O–H groups in total. The highest BCUT2D eigenvalue weighted by molar-refractivity contribution is 5.76. The number of carbonyl (C=O) groups is 1. The number of hydrogen-bond acceptors (Lipinski definition) is 6. The number of nitrogens with zero attached hydrogens (tertiary/aromatic N) is 4. The summed E-state index contributed by atoms with van der Waals surface area (Å²) in [6.45, 7) is 0.766. The minimum absolute atomic E-state index is 0.0412. The Bertz CT molecular complexity index is 655. The maximum atomic E-state index is 12.5. The first kappa shape index (κ1) is 15.0. The van der Waals surface area contributed by atoms with E-state index in [1.165, 1.54) is 25.3 Å². The maximum absolute atomic E-state index is 12.5. The molecule has 0 saturated heterocycles. The van der Waals surface area contributed by atoms with Crippen molar-refractivity contribution >= 4 is 5.91 Å². The minimum Gasteiger partial charge on any atom is -0.451 e. The van der Waals surface area contributed by atoms with E-state index in [9.17, 15) is 4.79 Å². The van der Waals surface area contributed by atoms with Crippen molar-refractivity contribution in [3.05, 3.63) is 54.7 Å². The first-order chi connectivity index (χ1) is 11.3. The van der Waals surface area contributed by atoms with E-state index in [2.05, 4.69) is 20.2 Å². The molecular formula is C15H17N5O3. The van der Waals surface area contributed by atoms with Gasteiger partial charge in [0.2, 0.25) is 5.91 Å². The zero-order valence-corrected chi connectivity index (χ0v) is 12.5. The summed E-state index contributed by atoms with van der Waals surface area (Å²) in [5.41, 5.74) is 2.51. The fraction of sp³-hybridized carbons (Fsp3) is 0.333. The molecule has 1 amide bonds. The van der Waals surface area contributed by atoms with Gasteiger partial charge in [-0.1, -0.05) is 0 Å². The Morgan fingerprint density at radius 2 is 1.83 bits per heavy atom. The summed E-state index contributed by atoms with van der Waals surface area (Å²) in [6, 6.07) is 0. The highest BCUT2D eigenvalue weighted by Crippen LogP contribution is 2.11. The number of oxazole rings is 2. The Morgan fingerprint density at radius 3 is 2.35 bits per heavy atom. The first-order valence-corrected chi connectivity index (χ1v) is 7.31. The first-order valence-electron chi connectivity index (χ1n) is 7.31. The molecule has 0 radical (unpaired) electrons. The summed E-state index contributed by atoms with van der Waals surface area (Å²) in [5, 5.41) is 6.66. The lowest BCUT2D eigenvalue weighted by Crippen LogP contribution is -2.30. The van der Waals surface area contributed by atoms with Crippen LogP contribution in [0.4, 0.5) is 0 Å². The third-order valence-electron chi connectivity index (χ3n) is 3.44. The van der Waals surface area contributed by atoms with Gasteiger partial charge in [-0.25, -0.2) is 9.97 Å². The summed E-state index contributed by atoms with van der Waals surface area (Å²) in [5.74, 6) is 0.0412. The van der Waals surface area contributed by atoms with Gasteiger partial charge in [-0.3, -0.25) is 9.89 Å². The van der Waals surface area contributed by atoms with E-state index in [0.29, 0.717) is 30.9 Å². The topological polar surface area (TPSA) is 101 Å². The van der Waals surface area contributed by atoms with Gasteiger partial charge in [-0.15, -0.1) is 0 Å². The maximum Gasteiger partial charge on any atom is 0.223 e. The second-order valence-corrected chi connectivity index (χ2v) is 5.17. The SMILES string of the molecule is O=C(CCCc1cn[nH]c1)N(Cc1cocn1)Cc1cocn1. The number of nitrogens with one attached hydrogen (secondary N) is 1. The molecule has 3 heterocycles. The van der Waals surface area contributed by atoms with E-state index in [1.54, 1.807) is 11.1 Å². The summed E-state index contributed by atoms with van der Waals surface area (Å²) < 4.78 is 9.93. The number of H-pyrrole nitrogens is 1. The Labute approximate surface area is 132 Å². The highest BCUT2D eigenvalue weighted by Gasteiger charge is 2.17. The molecule has 3 rings (SSSR count). The minimum atomic E-state index is 0.0412. The molecule has 0 atom stereocenters. The Hall–Kier alpha value is -2.90. The number of aromatic amines is 1. The van der Waals surface area contributed by atoms with Gasteiger partial charge in [0.1, 0.15) is 12.5 Å². The van der Waals surface area contributed by atoms with Crippen LogP contribution >= 0.6 is 0 Å². The van der Waals surface area contributed by atoms with Crippen LogP contribution in [0.3, 0.4) is 0 Å². The number of rotatable bonds is 8. The lowest BCUT2D eigenvalue weighted by atomic mass is 10.1. The van der Waals surface area contributed by atoms with Crippen LogP contribution in [0.2, 0.25) is 0 Å². The predicted molar refractivity (Wildman–Crippen MR) is 78.8 cm³/mol. The molecule has 0 aliphatic rings. The molecule has 0 aromatic carbocycles. The lowest BCUT2D eigenvalue weighted by molar-refractivity contribution is -0.132. The van der Waals surface area contributed by atoms with Crippen LogP contribution in [0.5, 0.6) is 0 Å². The van der Waals surface area contributed by atoms with Crippen molar-refractivity contribution in [3.8, 4) is 0 Å². The summed E-state index contributed by atoms with van der Waals surface area (Å²) in [6.07, 6.45) is 11.4. The molecule has 0 aliphatic heterocycles. The van der Waals surface area contributed by atoms with Gasteiger partial charge in [0.15, 0.2) is 12.8 Å². The van der Waals surface area contributed by atoms with Crippen molar-refractivity contribution in [3.63, 3.8) is 0 Å². The van der Waals surface area contributed by atoms with Crippen LogP contribution in [0.1, 0.15) is 29.8 Å². The normalized spacial score (nSPS) is 10.8. The van der Waals surface area contributed by atoms with E-state index >= 15 is 0 Å². The molecule has 120 valence electrons. The third-order valence-corrected chi connectivity index (χ3v) is 3.44. The van der Waals surface area contributed by atoms with Gasteiger partial charge in [-0.05, 0) is 18.4 Å². The lowest BCUT2D eigenvalue weighted by Gasteiger charge is -2.20. The smallest absolute Gasteiger partial charge is 0.223 e. The Morgan fingerprint density at radius 1 is 1.13 bits per heavy atom. The standard InChI is InChI=1S/C15H17N5O3/c21-15(3-1-2-12-4-18-19-5-12)20(6-13-8-22-10-16-13)7-14-9-23-11-17-14/h4-5,8-11H,1-3,6-7H2,(H,18,19). The van der Waals surface area contributed by atoms with Crippen LogP contribution < -0.4 is 0 Å². The fourth-order valence-electron chi connectivity index (χ4n) is 2.27. The predicted octanol–water partition coefficient (Wildman–Crippen LogP) is 1.94.